The number of anilines is 1. The van der Waals surface area contributed by atoms with Crippen molar-refractivity contribution in [3.8, 4) is 0 Å². The van der Waals surface area contributed by atoms with Gasteiger partial charge in [-0.25, -0.2) is 9.97 Å². The van der Waals surface area contributed by atoms with Crippen molar-refractivity contribution in [2.45, 2.75) is 64.1 Å². The van der Waals surface area contributed by atoms with Gasteiger partial charge in [-0.1, -0.05) is 0 Å². The summed E-state index contributed by atoms with van der Waals surface area (Å²) in [4.78, 5) is 26.4. The molecule has 0 unspecified atom stereocenters. The smallest absolute Gasteiger partial charge is 0.228 e. The van der Waals surface area contributed by atoms with E-state index >= 15 is 0 Å². The molecule has 5 rings (SSSR count). The zero-order chi connectivity index (χ0) is 19.1. The van der Waals surface area contributed by atoms with E-state index in [1.165, 1.54) is 25.7 Å². The van der Waals surface area contributed by atoms with Crippen LogP contribution < -0.4 is 4.90 Å². The Morgan fingerprint density at radius 1 is 1.04 bits per heavy atom. The standard InChI is InChI=1S/C22H32N4O2/c1-15-4-9-23-22(24-15)26-12-7-17(8-13-26)16-5-10-25(11-6-16)21(27)19-14-18-2-3-20(19)28-18/h4,9,16-20H,2-3,5-8,10-14H2,1H3/t18-,19+,20+/m0/s1. The SMILES string of the molecule is Cc1ccnc(N2CCC(C3CCN(C(=O)[C@@H]4C[C@@H]5CC[C@H]4O5)CC3)CC2)n1. The molecule has 0 saturated carbocycles. The number of aromatic nitrogens is 2. The van der Waals surface area contributed by atoms with Crippen molar-refractivity contribution in [1.29, 1.82) is 0 Å². The molecule has 6 heteroatoms. The number of likely N-dealkylation sites (tertiary alicyclic amines) is 1. The van der Waals surface area contributed by atoms with Crippen molar-refractivity contribution in [3.05, 3.63) is 18.0 Å². The van der Waals surface area contributed by atoms with Crippen LogP contribution in [0.25, 0.3) is 0 Å². The van der Waals surface area contributed by atoms with Crippen molar-refractivity contribution in [2.24, 2.45) is 17.8 Å². The summed E-state index contributed by atoms with van der Waals surface area (Å²) < 4.78 is 5.90. The van der Waals surface area contributed by atoms with Crippen LogP contribution in [0.4, 0.5) is 5.95 Å². The lowest BCUT2D eigenvalue weighted by molar-refractivity contribution is -0.138. The Balaban J connectivity index is 1.10. The molecule has 0 spiro atoms. The number of nitrogens with zero attached hydrogens (tertiary/aromatic N) is 4. The van der Waals surface area contributed by atoms with Crippen LogP contribution >= 0.6 is 0 Å². The number of piperidine rings is 2. The van der Waals surface area contributed by atoms with Crippen molar-refractivity contribution >= 4 is 11.9 Å². The minimum Gasteiger partial charge on any atom is -0.374 e. The van der Waals surface area contributed by atoms with Crippen LogP contribution in [-0.4, -0.2) is 59.2 Å². The second-order valence-corrected chi connectivity index (χ2v) is 9.20. The van der Waals surface area contributed by atoms with E-state index in [0.717, 1.165) is 68.9 Å². The predicted molar refractivity (Wildman–Crippen MR) is 107 cm³/mol. The average molecular weight is 385 g/mol. The van der Waals surface area contributed by atoms with Crippen LogP contribution in [0.15, 0.2) is 12.3 Å². The van der Waals surface area contributed by atoms with E-state index in [0.29, 0.717) is 12.0 Å². The fourth-order valence-corrected chi connectivity index (χ4v) is 5.88. The molecule has 4 aliphatic heterocycles. The van der Waals surface area contributed by atoms with Gasteiger partial charge in [0.1, 0.15) is 0 Å². The molecule has 5 heterocycles. The topological polar surface area (TPSA) is 58.6 Å². The Hall–Kier alpha value is -1.69. The molecule has 4 fully saturated rings. The fourth-order valence-electron chi connectivity index (χ4n) is 5.88. The van der Waals surface area contributed by atoms with Crippen molar-refractivity contribution in [3.63, 3.8) is 0 Å². The lowest BCUT2D eigenvalue weighted by Gasteiger charge is -2.41. The number of ether oxygens (including phenoxy) is 1. The van der Waals surface area contributed by atoms with E-state index in [-0.39, 0.29) is 12.0 Å². The number of hydrogen-bond acceptors (Lipinski definition) is 5. The Kier molecular flexibility index (Phi) is 4.99. The summed E-state index contributed by atoms with van der Waals surface area (Å²) in [5.74, 6) is 2.95. The molecule has 0 N–H and O–H groups in total. The zero-order valence-electron chi connectivity index (χ0n) is 16.9. The molecule has 0 aliphatic carbocycles. The monoisotopic (exact) mass is 384 g/mol. The largest absolute Gasteiger partial charge is 0.374 e. The van der Waals surface area contributed by atoms with Crippen LogP contribution in [0, 0.1) is 24.7 Å². The van der Waals surface area contributed by atoms with Crippen LogP contribution in [0.1, 0.15) is 50.6 Å². The average Bonchev–Trinajstić information content (AvgIpc) is 3.37. The normalized spacial score (nSPS) is 31.5. The maximum absolute atomic E-state index is 12.9. The van der Waals surface area contributed by atoms with E-state index in [2.05, 4.69) is 19.8 Å². The molecule has 28 heavy (non-hydrogen) atoms. The van der Waals surface area contributed by atoms with E-state index in [4.69, 9.17) is 4.74 Å². The number of rotatable bonds is 3. The summed E-state index contributed by atoms with van der Waals surface area (Å²) >= 11 is 0. The van der Waals surface area contributed by atoms with Gasteiger partial charge in [-0.3, -0.25) is 4.79 Å². The van der Waals surface area contributed by atoms with Crippen molar-refractivity contribution in [2.75, 3.05) is 31.1 Å². The summed E-state index contributed by atoms with van der Waals surface area (Å²) in [5.41, 5.74) is 1.03. The minimum absolute atomic E-state index is 0.146. The van der Waals surface area contributed by atoms with Crippen molar-refractivity contribution in [1.82, 2.24) is 14.9 Å². The highest BCUT2D eigenvalue weighted by atomic mass is 16.5. The molecule has 3 atom stereocenters. The molecule has 4 aliphatic rings. The summed E-state index contributed by atoms with van der Waals surface area (Å²) in [6.45, 7) is 6.01. The maximum Gasteiger partial charge on any atom is 0.228 e. The number of amides is 1. The summed E-state index contributed by atoms with van der Waals surface area (Å²) in [7, 11) is 0. The number of aryl methyl sites for hydroxylation is 1. The van der Waals surface area contributed by atoms with E-state index < -0.39 is 0 Å². The molecule has 6 nitrogen and oxygen atoms in total. The van der Waals surface area contributed by atoms with Gasteiger partial charge in [-0.05, 0) is 69.8 Å². The molecule has 4 saturated heterocycles. The number of hydrogen-bond donors (Lipinski definition) is 0. The maximum atomic E-state index is 12.9. The highest BCUT2D eigenvalue weighted by molar-refractivity contribution is 5.80. The molecule has 0 aromatic carbocycles. The highest BCUT2D eigenvalue weighted by Gasteiger charge is 2.46. The van der Waals surface area contributed by atoms with Crippen LogP contribution in [0.3, 0.4) is 0 Å². The first-order valence-electron chi connectivity index (χ1n) is 11.2. The third kappa shape index (κ3) is 3.51. The zero-order valence-corrected chi connectivity index (χ0v) is 16.9. The second kappa shape index (κ2) is 7.62. The van der Waals surface area contributed by atoms with E-state index in [1.807, 2.05) is 19.2 Å². The molecular formula is C22H32N4O2. The molecule has 2 bridgehead atoms. The lowest BCUT2D eigenvalue weighted by atomic mass is 9.78. The van der Waals surface area contributed by atoms with Crippen molar-refractivity contribution < 1.29 is 9.53 Å². The summed E-state index contributed by atoms with van der Waals surface area (Å²) in [6.07, 6.45) is 10.4. The Morgan fingerprint density at radius 2 is 1.75 bits per heavy atom. The molecule has 1 aromatic rings. The van der Waals surface area contributed by atoms with Gasteiger partial charge < -0.3 is 14.5 Å². The van der Waals surface area contributed by atoms with Gasteiger partial charge in [0.05, 0.1) is 18.1 Å². The quantitative estimate of drug-likeness (QED) is 0.802. The third-order valence-corrected chi connectivity index (χ3v) is 7.55. The van der Waals surface area contributed by atoms with Gasteiger partial charge in [-0.2, -0.15) is 0 Å². The first-order chi connectivity index (χ1) is 13.7. The Bertz CT molecular complexity index is 710. The third-order valence-electron chi connectivity index (χ3n) is 7.55. The first kappa shape index (κ1) is 18.3. The van der Waals surface area contributed by atoms with Gasteiger partial charge in [0.15, 0.2) is 0 Å². The molecule has 152 valence electrons. The van der Waals surface area contributed by atoms with Gasteiger partial charge in [-0.15, -0.1) is 0 Å². The van der Waals surface area contributed by atoms with Gasteiger partial charge in [0.25, 0.3) is 0 Å². The lowest BCUT2D eigenvalue weighted by Crippen LogP contribution is -2.46. The minimum atomic E-state index is 0.146. The second-order valence-electron chi connectivity index (χ2n) is 9.20. The van der Waals surface area contributed by atoms with Gasteiger partial charge >= 0.3 is 0 Å². The first-order valence-corrected chi connectivity index (χ1v) is 11.2. The Morgan fingerprint density at radius 3 is 2.36 bits per heavy atom. The van der Waals surface area contributed by atoms with Crippen LogP contribution in [0.5, 0.6) is 0 Å². The molecule has 1 amide bonds. The summed E-state index contributed by atoms with van der Waals surface area (Å²) in [6, 6.07) is 1.95. The van der Waals surface area contributed by atoms with E-state index in [1.54, 1.807) is 0 Å². The number of carbonyl (C=O) groups is 1. The van der Waals surface area contributed by atoms with Gasteiger partial charge in [0, 0.05) is 38.1 Å². The van der Waals surface area contributed by atoms with Crippen LogP contribution in [0.2, 0.25) is 0 Å². The van der Waals surface area contributed by atoms with Crippen LogP contribution in [-0.2, 0) is 9.53 Å². The molecule has 0 radical (unpaired) electrons. The summed E-state index contributed by atoms with van der Waals surface area (Å²) in [5, 5.41) is 0. The number of fused-ring (bicyclic) bond motifs is 2. The number of carbonyl (C=O) groups excluding carboxylic acids is 1. The van der Waals surface area contributed by atoms with Gasteiger partial charge in [0.2, 0.25) is 11.9 Å². The van der Waals surface area contributed by atoms with E-state index in [9.17, 15) is 4.79 Å². The Labute approximate surface area is 167 Å². The fraction of sp³-hybridized carbons (Fsp3) is 0.773. The predicted octanol–water partition coefficient (Wildman–Crippen LogP) is 2.81. The molecular weight excluding hydrogens is 352 g/mol. The molecule has 1 aromatic heterocycles. The highest BCUT2D eigenvalue weighted by Crippen LogP contribution is 2.40.